The molecule has 1 aliphatic carbocycles. The van der Waals surface area contributed by atoms with Gasteiger partial charge in [0.1, 0.15) is 22.9 Å². The molecule has 4 N–H and O–H groups in total. The van der Waals surface area contributed by atoms with Gasteiger partial charge in [-0.3, -0.25) is 4.72 Å². The van der Waals surface area contributed by atoms with Crippen LogP contribution in [0.25, 0.3) is 0 Å². The second-order valence-electron chi connectivity index (χ2n) is 7.75. The van der Waals surface area contributed by atoms with Gasteiger partial charge >= 0.3 is 0 Å². The summed E-state index contributed by atoms with van der Waals surface area (Å²) in [6, 6.07) is 4.84. The maximum absolute atomic E-state index is 14.8. The average Bonchev–Trinajstić information content (AvgIpc) is 3.55. The molecule has 2 aromatic carbocycles. The first kappa shape index (κ1) is 24.1. The molecule has 32 heavy (non-hydrogen) atoms. The maximum atomic E-state index is 14.8. The van der Waals surface area contributed by atoms with Gasteiger partial charge in [-0.1, -0.05) is 13.0 Å². The molecular formula is C21H25F3N2O5S. The Bertz CT molecular complexity index is 1110. The molecule has 176 valence electrons. The maximum Gasteiger partial charge on any atom is 0.238 e. The van der Waals surface area contributed by atoms with E-state index in [1.54, 1.807) is 6.07 Å². The van der Waals surface area contributed by atoms with Crippen LogP contribution in [0.4, 0.5) is 30.2 Å². The predicted molar refractivity (Wildman–Crippen MR) is 114 cm³/mol. The van der Waals surface area contributed by atoms with Crippen molar-refractivity contribution in [1.82, 2.24) is 0 Å². The van der Waals surface area contributed by atoms with Gasteiger partial charge in [-0.15, -0.1) is 0 Å². The van der Waals surface area contributed by atoms with E-state index in [0.717, 1.165) is 7.11 Å². The van der Waals surface area contributed by atoms with Crippen LogP contribution in [0.3, 0.4) is 0 Å². The lowest BCUT2D eigenvalue weighted by Crippen LogP contribution is -2.34. The Hall–Kier alpha value is -2.50. The Morgan fingerprint density at radius 2 is 1.84 bits per heavy atom. The van der Waals surface area contributed by atoms with Crippen molar-refractivity contribution in [3.05, 3.63) is 47.3 Å². The minimum atomic E-state index is -4.23. The van der Waals surface area contributed by atoms with Crippen molar-refractivity contribution in [3.63, 3.8) is 0 Å². The second-order valence-corrected chi connectivity index (χ2v) is 9.82. The Kier molecular flexibility index (Phi) is 6.91. The summed E-state index contributed by atoms with van der Waals surface area (Å²) in [4.78, 5) is 0. The molecule has 3 rings (SSSR count). The number of anilines is 3. The van der Waals surface area contributed by atoms with E-state index in [-0.39, 0.29) is 30.7 Å². The van der Waals surface area contributed by atoms with E-state index in [4.69, 9.17) is 9.84 Å². The van der Waals surface area contributed by atoms with Gasteiger partial charge in [0, 0.05) is 6.07 Å². The van der Waals surface area contributed by atoms with Gasteiger partial charge in [-0.2, -0.15) is 0 Å². The van der Waals surface area contributed by atoms with Crippen LogP contribution < -0.4 is 14.8 Å². The van der Waals surface area contributed by atoms with Gasteiger partial charge in [-0.25, -0.2) is 21.6 Å². The zero-order valence-electron chi connectivity index (χ0n) is 17.6. The summed E-state index contributed by atoms with van der Waals surface area (Å²) in [5.74, 6) is -3.80. The highest BCUT2D eigenvalue weighted by Gasteiger charge is 2.55. The molecule has 1 atom stereocenters. The topological polar surface area (TPSA) is 108 Å². The number of aliphatic hydroxyl groups is 2. The quantitative estimate of drug-likeness (QED) is 0.420. The van der Waals surface area contributed by atoms with E-state index in [0.29, 0.717) is 18.1 Å². The molecule has 0 heterocycles. The summed E-state index contributed by atoms with van der Waals surface area (Å²) in [5, 5.41) is 21.3. The summed E-state index contributed by atoms with van der Waals surface area (Å²) in [7, 11) is -3.08. The van der Waals surface area contributed by atoms with Crippen LogP contribution in [0.2, 0.25) is 0 Å². The van der Waals surface area contributed by atoms with Crippen molar-refractivity contribution >= 4 is 27.1 Å². The first-order chi connectivity index (χ1) is 15.1. The van der Waals surface area contributed by atoms with E-state index < -0.39 is 56.3 Å². The lowest BCUT2D eigenvalue weighted by Gasteiger charge is -2.23. The van der Waals surface area contributed by atoms with E-state index in [2.05, 4.69) is 10.0 Å². The lowest BCUT2D eigenvalue weighted by atomic mass is 10.1. The molecule has 0 radical (unpaired) electrons. The van der Waals surface area contributed by atoms with E-state index in [1.807, 2.05) is 6.92 Å². The second kappa shape index (κ2) is 9.16. The van der Waals surface area contributed by atoms with Crippen LogP contribution in [-0.2, 0) is 16.4 Å². The number of aliphatic hydroxyl groups excluding tert-OH is 2. The molecule has 0 saturated heterocycles. The fourth-order valence-corrected chi connectivity index (χ4v) is 5.20. The monoisotopic (exact) mass is 474 g/mol. The Balaban J connectivity index is 2.05. The number of halogens is 3. The summed E-state index contributed by atoms with van der Waals surface area (Å²) < 4.78 is 75.5. The predicted octanol–water partition coefficient (Wildman–Crippen LogP) is 3.44. The van der Waals surface area contributed by atoms with Crippen LogP contribution in [0.15, 0.2) is 24.3 Å². The van der Waals surface area contributed by atoms with Crippen molar-refractivity contribution in [3.8, 4) is 5.75 Å². The van der Waals surface area contributed by atoms with Crippen LogP contribution in [0.1, 0.15) is 31.7 Å². The molecule has 2 aromatic rings. The lowest BCUT2D eigenvalue weighted by molar-refractivity contribution is 0.0858. The molecule has 1 aliphatic rings. The molecular weight excluding hydrogens is 449 g/mol. The molecule has 0 bridgehead atoms. The van der Waals surface area contributed by atoms with Gasteiger partial charge in [0.2, 0.25) is 10.0 Å². The number of benzene rings is 2. The van der Waals surface area contributed by atoms with E-state index >= 15 is 0 Å². The van der Waals surface area contributed by atoms with Crippen LogP contribution in [-0.4, -0.2) is 43.2 Å². The third kappa shape index (κ3) is 4.64. The fraction of sp³-hybridized carbons (Fsp3) is 0.429. The first-order valence-electron chi connectivity index (χ1n) is 10.00. The SMILES string of the molecule is CCc1ccc(Nc2c(F)c(F)cc(OC)c2NS(=O)(=O)C2(CC(O)CO)CC2)c(F)c1. The highest BCUT2D eigenvalue weighted by Crippen LogP contribution is 2.49. The summed E-state index contributed by atoms with van der Waals surface area (Å²) in [6.45, 7) is 1.21. The van der Waals surface area contributed by atoms with Crippen molar-refractivity contribution in [2.24, 2.45) is 0 Å². The first-order valence-corrected chi connectivity index (χ1v) is 11.5. The number of nitrogens with one attached hydrogen (secondary N) is 2. The zero-order chi connectivity index (χ0) is 23.7. The summed E-state index contributed by atoms with van der Waals surface area (Å²) >= 11 is 0. The summed E-state index contributed by atoms with van der Waals surface area (Å²) in [6.07, 6.45) is -0.514. The standard InChI is InChI=1S/C21H25F3N2O5S/c1-3-12-4-5-16(14(22)8-12)25-20-18(24)15(23)9-17(31-2)19(20)26-32(29,30)21(6-7-21)10-13(28)11-27/h4-5,8-9,13,25-28H,3,6-7,10-11H2,1-2H3. The van der Waals surface area contributed by atoms with Crippen molar-refractivity contribution in [2.45, 2.75) is 43.5 Å². The highest BCUT2D eigenvalue weighted by atomic mass is 32.2. The number of sulfonamides is 1. The van der Waals surface area contributed by atoms with Gasteiger partial charge in [0.15, 0.2) is 11.6 Å². The largest absolute Gasteiger partial charge is 0.494 e. The molecule has 7 nitrogen and oxygen atoms in total. The average molecular weight is 475 g/mol. The van der Waals surface area contributed by atoms with E-state index in [1.165, 1.54) is 12.1 Å². The Labute approximate surface area is 184 Å². The van der Waals surface area contributed by atoms with Crippen LogP contribution in [0.5, 0.6) is 5.75 Å². The van der Waals surface area contributed by atoms with Gasteiger partial charge < -0.3 is 20.3 Å². The van der Waals surface area contributed by atoms with Crippen LogP contribution >= 0.6 is 0 Å². The molecule has 0 aromatic heterocycles. The smallest absolute Gasteiger partial charge is 0.238 e. The van der Waals surface area contributed by atoms with Gasteiger partial charge in [0.25, 0.3) is 0 Å². The number of hydrogen-bond acceptors (Lipinski definition) is 6. The number of hydrogen-bond donors (Lipinski definition) is 4. The van der Waals surface area contributed by atoms with Crippen molar-refractivity contribution < 1.29 is 36.5 Å². The molecule has 0 spiro atoms. The molecule has 11 heteroatoms. The van der Waals surface area contributed by atoms with Gasteiger partial charge in [-0.05, 0) is 43.4 Å². The fourth-order valence-electron chi connectivity index (χ4n) is 3.46. The number of aryl methyl sites for hydroxylation is 1. The molecule has 0 amide bonds. The highest BCUT2D eigenvalue weighted by molar-refractivity contribution is 7.94. The number of rotatable bonds is 10. The third-order valence-electron chi connectivity index (χ3n) is 5.54. The minimum absolute atomic E-state index is 0.189. The van der Waals surface area contributed by atoms with Crippen molar-refractivity contribution in [2.75, 3.05) is 23.8 Å². The third-order valence-corrected chi connectivity index (χ3v) is 7.73. The minimum Gasteiger partial charge on any atom is -0.494 e. The summed E-state index contributed by atoms with van der Waals surface area (Å²) in [5.41, 5.74) is -0.586. The Morgan fingerprint density at radius 3 is 2.38 bits per heavy atom. The molecule has 1 fully saturated rings. The van der Waals surface area contributed by atoms with E-state index in [9.17, 15) is 26.7 Å². The Morgan fingerprint density at radius 1 is 1.16 bits per heavy atom. The van der Waals surface area contributed by atoms with Crippen LogP contribution in [0, 0.1) is 17.5 Å². The zero-order valence-corrected chi connectivity index (χ0v) is 18.4. The molecule has 1 saturated carbocycles. The van der Waals surface area contributed by atoms with Crippen molar-refractivity contribution in [1.29, 1.82) is 0 Å². The molecule has 0 aliphatic heterocycles. The number of ether oxygens (including phenoxy) is 1. The number of methoxy groups -OCH3 is 1. The van der Waals surface area contributed by atoms with Gasteiger partial charge in [0.05, 0.1) is 30.3 Å². The normalized spacial score (nSPS) is 15.8. The molecule has 1 unspecified atom stereocenters.